The Morgan fingerprint density at radius 2 is 1.31 bits per heavy atom. The normalized spacial score (nSPS) is 11.2. The molecule has 1 heterocycles. The van der Waals surface area contributed by atoms with Gasteiger partial charge in [-0.05, 0) is 71.3 Å². The molecule has 0 saturated heterocycles. The van der Waals surface area contributed by atoms with Gasteiger partial charge in [0.1, 0.15) is 5.82 Å². The van der Waals surface area contributed by atoms with Gasteiger partial charge in [-0.15, -0.1) is 0 Å². The molecule has 174 valence electrons. The molecule has 4 aromatic carbocycles. The predicted octanol–water partition coefficient (Wildman–Crippen LogP) is 8.55. The number of rotatable bonds is 5. The number of H-pyrrole nitrogens is 1. The fraction of sp³-hybridized carbons (Fsp3) is 0.0357. The van der Waals surface area contributed by atoms with Gasteiger partial charge < -0.3 is 10.3 Å². The van der Waals surface area contributed by atoms with Crippen molar-refractivity contribution in [1.82, 2.24) is 4.98 Å². The van der Waals surface area contributed by atoms with Crippen LogP contribution in [0.2, 0.25) is 15.1 Å². The smallest absolute Gasteiger partial charge is 0.250 e. The average Bonchev–Trinajstić information content (AvgIpc) is 2.84. The lowest BCUT2D eigenvalue weighted by molar-refractivity contribution is 0.628. The van der Waals surface area contributed by atoms with E-state index in [0.29, 0.717) is 26.9 Å². The third-order valence-corrected chi connectivity index (χ3v) is 6.60. The highest BCUT2D eigenvalue weighted by molar-refractivity contribution is 6.31. The quantitative estimate of drug-likeness (QED) is 0.227. The van der Waals surface area contributed by atoms with E-state index in [1.165, 1.54) is 18.2 Å². The molecule has 0 spiro atoms. The number of halogens is 4. The Bertz CT molecular complexity index is 1540. The summed E-state index contributed by atoms with van der Waals surface area (Å²) >= 11 is 18.2. The van der Waals surface area contributed by atoms with Crippen LogP contribution in [0.4, 0.5) is 15.8 Å². The largest absolute Gasteiger partial charge is 0.355 e. The first-order valence-electron chi connectivity index (χ1n) is 10.8. The second-order valence-electron chi connectivity index (χ2n) is 8.14. The zero-order chi connectivity index (χ0) is 24.5. The Hall–Kier alpha value is -3.31. The summed E-state index contributed by atoms with van der Waals surface area (Å²) in [6.45, 7) is 0. The Morgan fingerprint density at radius 1 is 0.714 bits per heavy atom. The van der Waals surface area contributed by atoms with Crippen LogP contribution in [0.15, 0.2) is 95.8 Å². The maximum absolute atomic E-state index is 13.6. The van der Waals surface area contributed by atoms with E-state index in [9.17, 15) is 9.18 Å². The minimum atomic E-state index is -0.510. The summed E-state index contributed by atoms with van der Waals surface area (Å²) < 4.78 is 13.6. The summed E-state index contributed by atoms with van der Waals surface area (Å²) in [6, 6.07) is 27.2. The summed E-state index contributed by atoms with van der Waals surface area (Å²) in [5.74, 6) is -0.613. The van der Waals surface area contributed by atoms with Crippen molar-refractivity contribution in [3.05, 3.63) is 139 Å². The molecule has 7 heteroatoms. The second kappa shape index (κ2) is 9.74. The molecule has 0 amide bonds. The van der Waals surface area contributed by atoms with E-state index in [0.717, 1.165) is 22.1 Å². The maximum atomic E-state index is 13.6. The second-order valence-corrected chi connectivity index (χ2v) is 9.42. The topological polar surface area (TPSA) is 44.9 Å². The third-order valence-electron chi connectivity index (χ3n) is 5.81. The van der Waals surface area contributed by atoms with E-state index < -0.39 is 5.82 Å². The minimum absolute atomic E-state index is 0.00428. The Kier molecular flexibility index (Phi) is 6.52. The SMILES string of the molecule is O=c1cc(Nc2ccc(F)c(Cl)c2)c2cc(C(c3ccc(Cl)cc3)c3ccc(Cl)cc3)ccc2[nH]1. The van der Waals surface area contributed by atoms with Crippen molar-refractivity contribution in [1.29, 1.82) is 0 Å². The molecule has 0 aliphatic rings. The van der Waals surface area contributed by atoms with Gasteiger partial charge in [0, 0.05) is 33.1 Å². The highest BCUT2D eigenvalue weighted by Crippen LogP contribution is 2.36. The number of benzene rings is 4. The van der Waals surface area contributed by atoms with Gasteiger partial charge in [0.05, 0.1) is 16.2 Å². The molecule has 0 aliphatic heterocycles. The summed E-state index contributed by atoms with van der Waals surface area (Å²) in [7, 11) is 0. The van der Waals surface area contributed by atoms with E-state index in [1.54, 1.807) is 6.07 Å². The lowest BCUT2D eigenvalue weighted by Crippen LogP contribution is -2.08. The lowest BCUT2D eigenvalue weighted by atomic mass is 9.84. The van der Waals surface area contributed by atoms with Gasteiger partial charge in [-0.25, -0.2) is 4.39 Å². The van der Waals surface area contributed by atoms with Crippen LogP contribution in [0, 0.1) is 5.82 Å². The molecule has 5 rings (SSSR count). The number of nitrogens with one attached hydrogen (secondary N) is 2. The summed E-state index contributed by atoms with van der Waals surface area (Å²) in [5.41, 5.74) is 4.69. The van der Waals surface area contributed by atoms with Crippen LogP contribution in [0.1, 0.15) is 22.6 Å². The fourth-order valence-corrected chi connectivity index (χ4v) is 4.60. The van der Waals surface area contributed by atoms with E-state index in [-0.39, 0.29) is 16.5 Å². The zero-order valence-corrected chi connectivity index (χ0v) is 20.4. The van der Waals surface area contributed by atoms with Gasteiger partial charge in [0.15, 0.2) is 0 Å². The summed E-state index contributed by atoms with van der Waals surface area (Å²) in [6.07, 6.45) is 0. The highest BCUT2D eigenvalue weighted by Gasteiger charge is 2.18. The molecule has 1 aromatic heterocycles. The number of aromatic amines is 1. The van der Waals surface area contributed by atoms with Crippen molar-refractivity contribution in [2.75, 3.05) is 5.32 Å². The van der Waals surface area contributed by atoms with Crippen LogP contribution in [-0.4, -0.2) is 4.98 Å². The molecule has 2 N–H and O–H groups in total. The maximum Gasteiger partial charge on any atom is 0.250 e. The van der Waals surface area contributed by atoms with E-state index >= 15 is 0 Å². The first kappa shape index (κ1) is 23.4. The van der Waals surface area contributed by atoms with Gasteiger partial charge in [-0.2, -0.15) is 0 Å². The van der Waals surface area contributed by atoms with Crippen LogP contribution < -0.4 is 10.9 Å². The number of hydrogen-bond acceptors (Lipinski definition) is 2. The summed E-state index contributed by atoms with van der Waals surface area (Å²) in [5, 5.41) is 5.32. The van der Waals surface area contributed by atoms with Gasteiger partial charge in [-0.1, -0.05) is 65.1 Å². The average molecular weight is 524 g/mol. The van der Waals surface area contributed by atoms with Crippen molar-refractivity contribution < 1.29 is 4.39 Å². The molecule has 0 atom stereocenters. The number of hydrogen-bond donors (Lipinski definition) is 2. The molecule has 35 heavy (non-hydrogen) atoms. The zero-order valence-electron chi connectivity index (χ0n) is 18.2. The van der Waals surface area contributed by atoms with E-state index in [1.807, 2.05) is 66.7 Å². The molecule has 0 radical (unpaired) electrons. The number of fused-ring (bicyclic) bond motifs is 1. The lowest BCUT2D eigenvalue weighted by Gasteiger charge is -2.20. The van der Waals surface area contributed by atoms with Crippen LogP contribution >= 0.6 is 34.8 Å². The Morgan fingerprint density at radius 3 is 1.91 bits per heavy atom. The molecule has 0 bridgehead atoms. The molecule has 0 aliphatic carbocycles. The van der Waals surface area contributed by atoms with Crippen molar-refractivity contribution in [2.24, 2.45) is 0 Å². The van der Waals surface area contributed by atoms with Gasteiger partial charge >= 0.3 is 0 Å². The molecule has 0 unspecified atom stereocenters. The molecule has 0 saturated carbocycles. The molecule has 0 fully saturated rings. The number of pyridine rings is 1. The van der Waals surface area contributed by atoms with Gasteiger partial charge in [0.2, 0.25) is 5.56 Å². The van der Waals surface area contributed by atoms with Crippen molar-refractivity contribution >= 4 is 57.1 Å². The van der Waals surface area contributed by atoms with Gasteiger partial charge in [-0.3, -0.25) is 4.79 Å². The van der Waals surface area contributed by atoms with Crippen molar-refractivity contribution in [3.8, 4) is 0 Å². The van der Waals surface area contributed by atoms with E-state index in [2.05, 4.69) is 10.3 Å². The monoisotopic (exact) mass is 522 g/mol. The predicted molar refractivity (Wildman–Crippen MR) is 143 cm³/mol. The van der Waals surface area contributed by atoms with Crippen LogP contribution in [0.3, 0.4) is 0 Å². The van der Waals surface area contributed by atoms with Gasteiger partial charge in [0.25, 0.3) is 0 Å². The van der Waals surface area contributed by atoms with Crippen LogP contribution in [-0.2, 0) is 0 Å². The minimum Gasteiger partial charge on any atom is -0.355 e. The first-order chi connectivity index (χ1) is 16.9. The van der Waals surface area contributed by atoms with Crippen LogP contribution in [0.25, 0.3) is 10.9 Å². The molecule has 3 nitrogen and oxygen atoms in total. The third kappa shape index (κ3) is 5.06. The van der Waals surface area contributed by atoms with E-state index in [4.69, 9.17) is 34.8 Å². The van der Waals surface area contributed by atoms with Crippen LogP contribution in [0.5, 0.6) is 0 Å². The summed E-state index contributed by atoms with van der Waals surface area (Å²) in [4.78, 5) is 15.2. The Labute approximate surface area is 216 Å². The Balaban J connectivity index is 1.66. The number of anilines is 2. The molecule has 5 aromatic rings. The highest BCUT2D eigenvalue weighted by atomic mass is 35.5. The molecular weight excluding hydrogens is 506 g/mol. The standard InChI is InChI=1S/C28H18Cl3FN2O/c29-19-6-1-16(2-7-19)28(17-3-8-20(30)9-4-17)18-5-12-25-22(13-18)26(15-27(35)34-25)33-21-10-11-24(32)23(31)14-21/h1-15,28H,(H2,33,34,35). The van der Waals surface area contributed by atoms with Crippen molar-refractivity contribution in [2.45, 2.75) is 5.92 Å². The number of aromatic nitrogens is 1. The fourth-order valence-electron chi connectivity index (χ4n) is 4.17. The molecular formula is C28H18Cl3FN2O. The first-order valence-corrected chi connectivity index (χ1v) is 11.9. The van der Waals surface area contributed by atoms with Crippen molar-refractivity contribution in [3.63, 3.8) is 0 Å².